The van der Waals surface area contributed by atoms with Gasteiger partial charge in [0.1, 0.15) is 19.0 Å². The molecule has 2 rings (SSSR count). The second kappa shape index (κ2) is 14.6. The maximum atomic E-state index is 11.7. The Kier molecular flexibility index (Phi) is 11.5. The Labute approximate surface area is 173 Å². The third-order valence-corrected chi connectivity index (χ3v) is 4.72. The molecule has 29 heavy (non-hydrogen) atoms. The molecule has 0 fully saturated rings. The molecular formula is C24H32O5. The minimum atomic E-state index is -0.168. The van der Waals surface area contributed by atoms with Gasteiger partial charge < -0.3 is 9.47 Å². The van der Waals surface area contributed by atoms with Gasteiger partial charge in [0, 0.05) is 12.8 Å². The summed E-state index contributed by atoms with van der Waals surface area (Å²) in [6.07, 6.45) is 6.79. The summed E-state index contributed by atoms with van der Waals surface area (Å²) >= 11 is 0. The zero-order chi connectivity index (χ0) is 20.6. The second-order valence-electron chi connectivity index (χ2n) is 7.11. The molecule has 1 unspecified atom stereocenters. The first-order valence-electron chi connectivity index (χ1n) is 10.5. The van der Waals surface area contributed by atoms with Crippen molar-refractivity contribution in [2.24, 2.45) is 0 Å². The average Bonchev–Trinajstić information content (AvgIpc) is 2.76. The van der Waals surface area contributed by atoms with Crippen LogP contribution in [-0.2, 0) is 20.8 Å². The molecule has 1 atom stereocenters. The van der Waals surface area contributed by atoms with Crippen LogP contribution in [0.3, 0.4) is 0 Å². The Morgan fingerprint density at radius 1 is 0.828 bits per heavy atom. The number of hydrogen-bond acceptors (Lipinski definition) is 5. The summed E-state index contributed by atoms with van der Waals surface area (Å²) in [6, 6.07) is 19.5. The van der Waals surface area contributed by atoms with E-state index in [-0.39, 0.29) is 18.7 Å². The van der Waals surface area contributed by atoms with Crippen molar-refractivity contribution in [3.05, 3.63) is 66.2 Å². The number of carbonyl (C=O) groups excluding carboxylic acids is 1. The first kappa shape index (κ1) is 22.9. The third-order valence-electron chi connectivity index (χ3n) is 4.72. The molecule has 0 aromatic heterocycles. The number of esters is 1. The highest BCUT2D eigenvalue weighted by Gasteiger charge is 2.10. The zero-order valence-electron chi connectivity index (χ0n) is 17.0. The predicted molar refractivity (Wildman–Crippen MR) is 113 cm³/mol. The van der Waals surface area contributed by atoms with E-state index < -0.39 is 0 Å². The summed E-state index contributed by atoms with van der Waals surface area (Å²) in [6.45, 7) is 0.643. The normalized spacial score (nSPS) is 11.8. The molecule has 0 amide bonds. The lowest BCUT2D eigenvalue weighted by molar-refractivity contribution is -0.279. The monoisotopic (exact) mass is 400 g/mol. The highest BCUT2D eigenvalue weighted by molar-refractivity contribution is 5.69. The second-order valence-corrected chi connectivity index (χ2v) is 7.11. The Morgan fingerprint density at radius 3 is 2.21 bits per heavy atom. The number of benzene rings is 2. The predicted octanol–water partition coefficient (Wildman–Crippen LogP) is 5.44. The Morgan fingerprint density at radius 2 is 1.48 bits per heavy atom. The van der Waals surface area contributed by atoms with Gasteiger partial charge in [-0.15, -0.1) is 0 Å². The lowest BCUT2D eigenvalue weighted by atomic mass is 10.0. The van der Waals surface area contributed by atoms with Crippen LogP contribution in [0.4, 0.5) is 0 Å². The molecule has 0 saturated heterocycles. The van der Waals surface area contributed by atoms with E-state index in [1.165, 1.54) is 5.56 Å². The fourth-order valence-electron chi connectivity index (χ4n) is 3.14. The molecule has 0 saturated carbocycles. The number of carbonyl (C=O) groups is 1. The van der Waals surface area contributed by atoms with Crippen molar-refractivity contribution in [3.63, 3.8) is 0 Å². The first-order valence-corrected chi connectivity index (χ1v) is 10.5. The van der Waals surface area contributed by atoms with E-state index in [2.05, 4.69) is 4.89 Å². The maximum Gasteiger partial charge on any atom is 0.305 e. The van der Waals surface area contributed by atoms with Gasteiger partial charge in [-0.1, -0.05) is 74.2 Å². The summed E-state index contributed by atoms with van der Waals surface area (Å²) in [5.41, 5.74) is 1.17. The van der Waals surface area contributed by atoms with Crippen molar-refractivity contribution in [1.29, 1.82) is 0 Å². The molecule has 2 aromatic rings. The number of unbranched alkanes of at least 4 members (excludes halogenated alkanes) is 4. The topological polar surface area (TPSA) is 65.0 Å². The van der Waals surface area contributed by atoms with Crippen molar-refractivity contribution in [3.8, 4) is 5.75 Å². The van der Waals surface area contributed by atoms with Gasteiger partial charge in [0.25, 0.3) is 0 Å². The minimum Gasteiger partial charge on any atom is -0.490 e. The quantitative estimate of drug-likeness (QED) is 0.187. The summed E-state index contributed by atoms with van der Waals surface area (Å²) < 4.78 is 10.7. The van der Waals surface area contributed by atoms with E-state index in [0.29, 0.717) is 13.0 Å². The molecule has 0 aliphatic rings. The van der Waals surface area contributed by atoms with Crippen LogP contribution in [-0.4, -0.2) is 30.5 Å². The van der Waals surface area contributed by atoms with Crippen LogP contribution >= 0.6 is 0 Å². The number of rotatable bonds is 15. The van der Waals surface area contributed by atoms with Gasteiger partial charge in [0.05, 0.1) is 6.10 Å². The summed E-state index contributed by atoms with van der Waals surface area (Å²) in [4.78, 5) is 16.3. The summed E-state index contributed by atoms with van der Waals surface area (Å²) in [7, 11) is 0. The lowest BCUT2D eigenvalue weighted by Gasteiger charge is -2.13. The molecule has 0 spiro atoms. The van der Waals surface area contributed by atoms with Gasteiger partial charge >= 0.3 is 5.97 Å². The van der Waals surface area contributed by atoms with Crippen LogP contribution in [0, 0.1) is 0 Å². The van der Waals surface area contributed by atoms with Crippen LogP contribution in [0.2, 0.25) is 0 Å². The number of para-hydroxylation sites is 1. The highest BCUT2D eigenvalue weighted by atomic mass is 17.1. The molecule has 1 N–H and O–H groups in total. The van der Waals surface area contributed by atoms with E-state index >= 15 is 0 Å². The molecular weight excluding hydrogens is 368 g/mol. The summed E-state index contributed by atoms with van der Waals surface area (Å²) in [5.74, 6) is 0.611. The van der Waals surface area contributed by atoms with Crippen molar-refractivity contribution >= 4 is 5.97 Å². The van der Waals surface area contributed by atoms with Gasteiger partial charge in [0.15, 0.2) is 0 Å². The molecule has 0 heterocycles. The lowest BCUT2D eigenvalue weighted by Crippen LogP contribution is -2.14. The Hall–Kier alpha value is -2.37. The maximum absolute atomic E-state index is 11.7. The zero-order valence-corrected chi connectivity index (χ0v) is 17.0. The Balaban J connectivity index is 1.42. The molecule has 0 radical (unpaired) electrons. The number of ether oxygens (including phenoxy) is 2. The highest BCUT2D eigenvalue weighted by Crippen LogP contribution is 2.14. The van der Waals surface area contributed by atoms with Crippen molar-refractivity contribution < 1.29 is 24.4 Å². The molecule has 2 aromatic carbocycles. The van der Waals surface area contributed by atoms with Crippen LogP contribution in [0.25, 0.3) is 0 Å². The third kappa shape index (κ3) is 10.7. The molecule has 158 valence electrons. The largest absolute Gasteiger partial charge is 0.490 e. The van der Waals surface area contributed by atoms with Crippen LogP contribution in [0.5, 0.6) is 5.75 Å². The van der Waals surface area contributed by atoms with Crippen LogP contribution in [0.1, 0.15) is 50.5 Å². The number of hydrogen-bond donors (Lipinski definition) is 1. The van der Waals surface area contributed by atoms with Gasteiger partial charge in [-0.3, -0.25) is 10.1 Å². The molecule has 0 bridgehead atoms. The fraction of sp³-hybridized carbons (Fsp3) is 0.458. The molecule has 0 aliphatic heterocycles. The first-order chi connectivity index (χ1) is 14.3. The van der Waals surface area contributed by atoms with Crippen LogP contribution < -0.4 is 4.74 Å². The Bertz CT molecular complexity index is 659. The average molecular weight is 401 g/mol. The minimum absolute atomic E-state index is 0.162. The summed E-state index contributed by atoms with van der Waals surface area (Å²) in [5, 5.41) is 9.08. The van der Waals surface area contributed by atoms with E-state index in [4.69, 9.17) is 14.7 Å². The van der Waals surface area contributed by atoms with Crippen molar-refractivity contribution in [2.45, 2.75) is 57.5 Å². The van der Waals surface area contributed by atoms with Gasteiger partial charge in [-0.25, -0.2) is 4.89 Å². The van der Waals surface area contributed by atoms with E-state index in [1.807, 2.05) is 60.7 Å². The van der Waals surface area contributed by atoms with Crippen LogP contribution in [0.15, 0.2) is 60.7 Å². The van der Waals surface area contributed by atoms with Gasteiger partial charge in [-0.2, -0.15) is 0 Å². The van der Waals surface area contributed by atoms with E-state index in [9.17, 15) is 4.79 Å². The van der Waals surface area contributed by atoms with Crippen molar-refractivity contribution in [2.75, 3.05) is 13.2 Å². The van der Waals surface area contributed by atoms with Gasteiger partial charge in [0.2, 0.25) is 0 Å². The van der Waals surface area contributed by atoms with E-state index in [0.717, 1.165) is 50.7 Å². The van der Waals surface area contributed by atoms with Crippen molar-refractivity contribution in [1.82, 2.24) is 0 Å². The molecule has 0 aliphatic carbocycles. The molecule has 5 nitrogen and oxygen atoms in total. The van der Waals surface area contributed by atoms with Gasteiger partial charge in [-0.05, 0) is 30.5 Å². The fourth-order valence-corrected chi connectivity index (χ4v) is 3.14. The molecule has 5 heteroatoms. The van der Waals surface area contributed by atoms with E-state index in [1.54, 1.807) is 0 Å². The smallest absolute Gasteiger partial charge is 0.305 e. The standard InChI is InChI=1S/C24H32O5/c25-24(28-19-18-27-22-14-9-5-10-15-22)17-11-3-1-2-8-16-23(29-26)20-21-12-6-4-7-13-21/h4-7,9-10,12-15,23,26H,1-3,8,11,16-20H2. The SMILES string of the molecule is O=C(CCCCCCCC(Cc1ccccc1)OO)OCCOc1ccccc1.